The van der Waals surface area contributed by atoms with Gasteiger partial charge in [-0.25, -0.2) is 0 Å². The first kappa shape index (κ1) is 13.2. The van der Waals surface area contributed by atoms with Gasteiger partial charge in [0.05, 0.1) is 22.9 Å². The van der Waals surface area contributed by atoms with Gasteiger partial charge >= 0.3 is 0 Å². The lowest BCUT2D eigenvalue weighted by molar-refractivity contribution is 0.654. The molecule has 3 aromatic rings. The van der Waals surface area contributed by atoms with Gasteiger partial charge in [-0.1, -0.05) is 17.7 Å². The number of hydrogen-bond donors (Lipinski definition) is 0. The maximum atomic E-state index is 11.6. The van der Waals surface area contributed by atoms with E-state index in [1.165, 1.54) is 0 Å². The zero-order valence-corrected chi connectivity index (χ0v) is 12.2. The van der Waals surface area contributed by atoms with Gasteiger partial charge in [-0.15, -0.1) is 10.2 Å². The first-order valence-corrected chi connectivity index (χ1v) is 7.83. The lowest BCUT2D eigenvalue weighted by Crippen LogP contribution is -2.06. The molecule has 0 bridgehead atoms. The van der Waals surface area contributed by atoms with Crippen molar-refractivity contribution in [2.75, 3.05) is 6.26 Å². The van der Waals surface area contributed by atoms with Gasteiger partial charge in [-0.05, 0) is 23.8 Å². The fraction of sp³-hybridized carbons (Fsp3) is 0.154. The zero-order chi connectivity index (χ0) is 14.1. The number of aromatic nitrogens is 4. The second kappa shape index (κ2) is 5.30. The van der Waals surface area contributed by atoms with Crippen LogP contribution in [0.4, 0.5) is 0 Å². The average Bonchev–Trinajstić information content (AvgIpc) is 2.87. The van der Waals surface area contributed by atoms with Crippen molar-refractivity contribution in [3.05, 3.63) is 47.4 Å². The second-order valence-electron chi connectivity index (χ2n) is 4.34. The summed E-state index contributed by atoms with van der Waals surface area (Å²) in [7, 11) is -1.19. The van der Waals surface area contributed by atoms with Gasteiger partial charge in [0.2, 0.25) is 5.16 Å². The molecule has 20 heavy (non-hydrogen) atoms. The van der Waals surface area contributed by atoms with Crippen molar-refractivity contribution >= 4 is 33.3 Å². The number of pyridine rings is 1. The summed E-state index contributed by atoms with van der Waals surface area (Å²) < 4.78 is 13.3. The predicted molar refractivity (Wildman–Crippen MR) is 78.2 cm³/mol. The summed E-state index contributed by atoms with van der Waals surface area (Å²) in [6.45, 7) is 0.482. The standard InChI is InChI=1S/C13H11ClN4OS/c1-20(19)13-17-16-8-18(13)7-10-6-11(14)5-9-3-2-4-15-12(9)10/h2-6,8H,7H2,1H3. The fourth-order valence-corrected chi connectivity index (χ4v) is 2.96. The van der Waals surface area contributed by atoms with Gasteiger partial charge < -0.3 is 4.57 Å². The van der Waals surface area contributed by atoms with Gasteiger partial charge in [0.15, 0.2) is 0 Å². The fourth-order valence-electron chi connectivity index (χ4n) is 2.11. The monoisotopic (exact) mass is 306 g/mol. The molecular weight excluding hydrogens is 296 g/mol. The molecule has 102 valence electrons. The van der Waals surface area contributed by atoms with Crippen LogP contribution < -0.4 is 0 Å². The Balaban J connectivity index is 2.10. The van der Waals surface area contributed by atoms with E-state index in [1.54, 1.807) is 23.3 Å². The summed E-state index contributed by atoms with van der Waals surface area (Å²) in [4.78, 5) is 4.39. The van der Waals surface area contributed by atoms with Crippen molar-refractivity contribution in [2.45, 2.75) is 11.7 Å². The molecule has 7 heteroatoms. The van der Waals surface area contributed by atoms with Crippen molar-refractivity contribution in [3.63, 3.8) is 0 Å². The first-order valence-electron chi connectivity index (χ1n) is 5.89. The van der Waals surface area contributed by atoms with Crippen molar-refractivity contribution in [3.8, 4) is 0 Å². The molecule has 0 saturated heterocycles. The minimum absolute atomic E-state index is 0.439. The Morgan fingerprint density at radius 2 is 2.25 bits per heavy atom. The summed E-state index contributed by atoms with van der Waals surface area (Å²) >= 11 is 6.14. The largest absolute Gasteiger partial charge is 0.302 e. The Kier molecular flexibility index (Phi) is 3.50. The first-order chi connectivity index (χ1) is 9.65. The van der Waals surface area contributed by atoms with Crippen LogP contribution in [0.1, 0.15) is 5.56 Å². The van der Waals surface area contributed by atoms with E-state index in [1.807, 2.05) is 24.3 Å². The van der Waals surface area contributed by atoms with Crippen LogP contribution in [0.15, 0.2) is 41.9 Å². The highest BCUT2D eigenvalue weighted by atomic mass is 35.5. The van der Waals surface area contributed by atoms with Crippen LogP contribution in [0, 0.1) is 0 Å². The normalized spacial score (nSPS) is 12.7. The number of hydrogen-bond acceptors (Lipinski definition) is 4. The summed E-state index contributed by atoms with van der Waals surface area (Å²) in [6.07, 6.45) is 4.88. The maximum absolute atomic E-state index is 11.6. The number of nitrogens with zero attached hydrogens (tertiary/aromatic N) is 4. The van der Waals surface area contributed by atoms with Crippen LogP contribution >= 0.6 is 11.6 Å². The zero-order valence-electron chi connectivity index (χ0n) is 10.7. The van der Waals surface area contributed by atoms with Crippen molar-refractivity contribution in [2.24, 2.45) is 0 Å². The van der Waals surface area contributed by atoms with Crippen molar-refractivity contribution in [1.29, 1.82) is 0 Å². The highest BCUT2D eigenvalue weighted by Gasteiger charge is 2.11. The van der Waals surface area contributed by atoms with Crippen molar-refractivity contribution in [1.82, 2.24) is 19.7 Å². The molecule has 2 heterocycles. The molecule has 5 nitrogen and oxygen atoms in total. The van der Waals surface area contributed by atoms with Crippen LogP contribution in [-0.4, -0.2) is 30.2 Å². The Bertz CT molecular complexity index is 802. The Morgan fingerprint density at radius 1 is 1.40 bits per heavy atom. The van der Waals surface area contributed by atoms with E-state index in [0.717, 1.165) is 16.5 Å². The van der Waals surface area contributed by atoms with Crippen LogP contribution in [0.5, 0.6) is 0 Å². The van der Waals surface area contributed by atoms with E-state index in [4.69, 9.17) is 11.6 Å². The molecule has 0 aliphatic heterocycles. The highest BCUT2D eigenvalue weighted by molar-refractivity contribution is 7.84. The van der Waals surface area contributed by atoms with E-state index in [-0.39, 0.29) is 0 Å². The number of fused-ring (bicyclic) bond motifs is 1. The summed E-state index contributed by atoms with van der Waals surface area (Å²) in [6, 6.07) is 7.56. The molecule has 0 spiro atoms. The molecule has 2 aromatic heterocycles. The van der Waals surface area contributed by atoms with E-state index < -0.39 is 10.8 Å². The van der Waals surface area contributed by atoms with Crippen LogP contribution in [0.2, 0.25) is 5.02 Å². The molecule has 0 radical (unpaired) electrons. The SMILES string of the molecule is CS(=O)c1nncn1Cc1cc(Cl)cc2cccnc12. The minimum atomic E-state index is -1.19. The molecule has 0 N–H and O–H groups in total. The molecule has 1 atom stereocenters. The highest BCUT2D eigenvalue weighted by Crippen LogP contribution is 2.23. The molecular formula is C13H11ClN4OS. The Labute approximate surface area is 123 Å². The Hall–Kier alpha value is -1.79. The minimum Gasteiger partial charge on any atom is -0.302 e. The summed E-state index contributed by atoms with van der Waals surface area (Å²) in [5, 5.41) is 9.74. The molecule has 0 aliphatic carbocycles. The van der Waals surface area contributed by atoms with Crippen LogP contribution in [0.3, 0.4) is 0 Å². The molecule has 0 fully saturated rings. The Morgan fingerprint density at radius 3 is 3.05 bits per heavy atom. The van der Waals surface area contributed by atoms with Crippen LogP contribution in [0.25, 0.3) is 10.9 Å². The van der Waals surface area contributed by atoms with Gasteiger partial charge in [0.1, 0.15) is 6.33 Å². The smallest absolute Gasteiger partial charge is 0.221 e. The quantitative estimate of drug-likeness (QED) is 0.745. The van der Waals surface area contributed by atoms with Gasteiger partial charge in [-0.3, -0.25) is 9.19 Å². The third-order valence-electron chi connectivity index (χ3n) is 2.93. The van der Waals surface area contributed by atoms with Gasteiger partial charge in [0, 0.05) is 22.9 Å². The molecule has 0 aliphatic rings. The van der Waals surface area contributed by atoms with Gasteiger partial charge in [0.25, 0.3) is 0 Å². The van der Waals surface area contributed by atoms with E-state index in [9.17, 15) is 4.21 Å². The van der Waals surface area contributed by atoms with E-state index >= 15 is 0 Å². The average molecular weight is 307 g/mol. The third kappa shape index (κ3) is 2.44. The molecule has 0 amide bonds. The summed E-state index contributed by atoms with van der Waals surface area (Å²) in [5.74, 6) is 0. The van der Waals surface area contributed by atoms with Crippen LogP contribution in [-0.2, 0) is 17.3 Å². The topological polar surface area (TPSA) is 60.7 Å². The van der Waals surface area contributed by atoms with E-state index in [0.29, 0.717) is 16.7 Å². The number of rotatable bonds is 3. The molecule has 1 unspecified atom stereocenters. The van der Waals surface area contributed by atoms with Crippen molar-refractivity contribution < 1.29 is 4.21 Å². The van der Waals surface area contributed by atoms with Gasteiger partial charge in [-0.2, -0.15) is 0 Å². The predicted octanol–water partition coefficient (Wildman–Crippen LogP) is 2.27. The number of benzene rings is 1. The lowest BCUT2D eigenvalue weighted by Gasteiger charge is -2.08. The lowest BCUT2D eigenvalue weighted by atomic mass is 10.1. The third-order valence-corrected chi connectivity index (χ3v) is 3.97. The molecule has 0 saturated carbocycles. The molecule has 3 rings (SSSR count). The summed E-state index contributed by atoms with van der Waals surface area (Å²) in [5.41, 5.74) is 1.82. The molecule has 1 aromatic carbocycles. The number of halogens is 1. The maximum Gasteiger partial charge on any atom is 0.221 e. The second-order valence-corrected chi connectivity index (χ2v) is 6.05. The van der Waals surface area contributed by atoms with E-state index in [2.05, 4.69) is 15.2 Å².